The number of nitrogens with one attached hydrogen (secondary N) is 3. The molecule has 116 valence electrons. The maximum Gasteiger partial charge on any atom is 0.251 e. The summed E-state index contributed by atoms with van der Waals surface area (Å²) in [5.41, 5.74) is 2.47. The Labute approximate surface area is 134 Å². The van der Waals surface area contributed by atoms with Crippen LogP contribution in [0.1, 0.15) is 15.9 Å². The lowest BCUT2D eigenvalue weighted by Gasteiger charge is -2.08. The first-order chi connectivity index (χ1) is 11.1. The van der Waals surface area contributed by atoms with E-state index in [1.807, 2.05) is 6.07 Å². The van der Waals surface area contributed by atoms with Gasteiger partial charge in [0.25, 0.3) is 5.91 Å². The predicted molar refractivity (Wildman–Crippen MR) is 88.1 cm³/mol. The highest BCUT2D eigenvalue weighted by atomic mass is 16.2. The maximum atomic E-state index is 11.9. The number of nitriles is 1. The molecule has 0 aliphatic carbocycles. The van der Waals surface area contributed by atoms with Gasteiger partial charge in [-0.25, -0.2) is 0 Å². The van der Waals surface area contributed by atoms with Crippen molar-refractivity contribution in [3.05, 3.63) is 59.7 Å². The zero-order chi connectivity index (χ0) is 16.7. The fourth-order valence-corrected chi connectivity index (χ4v) is 1.90. The maximum absolute atomic E-state index is 11.9. The normalized spacial score (nSPS) is 9.57. The first-order valence-electron chi connectivity index (χ1n) is 6.98. The van der Waals surface area contributed by atoms with Gasteiger partial charge in [-0.1, -0.05) is 0 Å². The molecule has 0 unspecified atom stereocenters. The fourth-order valence-electron chi connectivity index (χ4n) is 1.90. The molecule has 0 heterocycles. The molecule has 2 aromatic carbocycles. The van der Waals surface area contributed by atoms with E-state index in [2.05, 4.69) is 16.0 Å². The number of anilines is 2. The lowest BCUT2D eigenvalue weighted by atomic mass is 10.2. The van der Waals surface area contributed by atoms with Crippen molar-refractivity contribution in [3.63, 3.8) is 0 Å². The molecule has 0 radical (unpaired) electrons. The van der Waals surface area contributed by atoms with Crippen LogP contribution in [0.25, 0.3) is 0 Å². The van der Waals surface area contributed by atoms with Gasteiger partial charge in [-0.05, 0) is 48.5 Å². The van der Waals surface area contributed by atoms with Crippen LogP contribution in [-0.4, -0.2) is 25.4 Å². The third-order valence-electron chi connectivity index (χ3n) is 3.12. The fraction of sp³-hybridized carbons (Fsp3) is 0.118. The average Bonchev–Trinajstić information content (AvgIpc) is 2.60. The Kier molecular flexibility index (Phi) is 5.31. The quantitative estimate of drug-likeness (QED) is 0.787. The average molecular weight is 308 g/mol. The minimum absolute atomic E-state index is 0.100. The van der Waals surface area contributed by atoms with E-state index in [1.54, 1.807) is 55.6 Å². The molecule has 0 aliphatic heterocycles. The van der Waals surface area contributed by atoms with Crippen molar-refractivity contribution in [2.45, 2.75) is 0 Å². The summed E-state index contributed by atoms with van der Waals surface area (Å²) in [6.07, 6.45) is 0. The van der Waals surface area contributed by atoms with Crippen molar-refractivity contribution < 1.29 is 9.59 Å². The van der Waals surface area contributed by atoms with E-state index < -0.39 is 0 Å². The van der Waals surface area contributed by atoms with Gasteiger partial charge in [-0.15, -0.1) is 0 Å². The third-order valence-corrected chi connectivity index (χ3v) is 3.12. The van der Waals surface area contributed by atoms with Crippen LogP contribution < -0.4 is 16.0 Å². The number of carbonyl (C=O) groups is 2. The number of nitrogens with zero attached hydrogens (tertiary/aromatic N) is 1. The summed E-state index contributed by atoms with van der Waals surface area (Å²) in [4.78, 5) is 23.3. The molecule has 0 bridgehead atoms. The first kappa shape index (κ1) is 16.0. The van der Waals surface area contributed by atoms with Gasteiger partial charge in [0, 0.05) is 24.0 Å². The Morgan fingerprint density at radius 1 is 1.00 bits per heavy atom. The summed E-state index contributed by atoms with van der Waals surface area (Å²) in [6.45, 7) is 0.100. The van der Waals surface area contributed by atoms with E-state index in [0.717, 1.165) is 5.69 Å². The van der Waals surface area contributed by atoms with Gasteiger partial charge in [0.2, 0.25) is 5.91 Å². The summed E-state index contributed by atoms with van der Waals surface area (Å²) >= 11 is 0. The number of hydrogen-bond acceptors (Lipinski definition) is 4. The van der Waals surface area contributed by atoms with Gasteiger partial charge in [0.1, 0.15) is 0 Å². The second kappa shape index (κ2) is 7.61. The highest BCUT2D eigenvalue weighted by Crippen LogP contribution is 2.11. The van der Waals surface area contributed by atoms with Crippen molar-refractivity contribution in [3.8, 4) is 6.07 Å². The molecule has 2 rings (SSSR count). The SMILES string of the molecule is CNC(=O)c1ccc(NC(=O)CNc2ccc(C#N)cc2)cc1. The molecule has 0 spiro atoms. The van der Waals surface area contributed by atoms with Crippen LogP contribution in [0.15, 0.2) is 48.5 Å². The van der Waals surface area contributed by atoms with Crippen LogP contribution in [0.2, 0.25) is 0 Å². The molecular formula is C17H16N4O2. The molecule has 6 nitrogen and oxygen atoms in total. The van der Waals surface area contributed by atoms with Gasteiger partial charge < -0.3 is 16.0 Å². The second-order valence-electron chi connectivity index (χ2n) is 4.75. The van der Waals surface area contributed by atoms with Crippen molar-refractivity contribution in [2.75, 3.05) is 24.2 Å². The second-order valence-corrected chi connectivity index (χ2v) is 4.75. The summed E-state index contributed by atoms with van der Waals surface area (Å²) in [6, 6.07) is 15.5. The number of rotatable bonds is 5. The van der Waals surface area contributed by atoms with E-state index in [4.69, 9.17) is 5.26 Å². The number of carbonyl (C=O) groups excluding carboxylic acids is 2. The van der Waals surface area contributed by atoms with Gasteiger partial charge in [0.05, 0.1) is 18.2 Å². The predicted octanol–water partition coefficient (Wildman–Crippen LogP) is 1.97. The molecule has 0 aromatic heterocycles. The molecular weight excluding hydrogens is 292 g/mol. The van der Waals surface area contributed by atoms with Crippen LogP contribution in [0.4, 0.5) is 11.4 Å². The Morgan fingerprint density at radius 2 is 1.61 bits per heavy atom. The van der Waals surface area contributed by atoms with Gasteiger partial charge in [-0.3, -0.25) is 9.59 Å². The summed E-state index contributed by atoms with van der Waals surface area (Å²) in [5, 5.41) is 17.0. The van der Waals surface area contributed by atoms with Crippen LogP contribution in [0.5, 0.6) is 0 Å². The number of benzene rings is 2. The Balaban J connectivity index is 1.86. The van der Waals surface area contributed by atoms with Crippen LogP contribution in [0.3, 0.4) is 0 Å². The third kappa shape index (κ3) is 4.58. The molecule has 23 heavy (non-hydrogen) atoms. The molecule has 0 atom stereocenters. The zero-order valence-electron chi connectivity index (χ0n) is 12.6. The minimum atomic E-state index is -0.206. The van der Waals surface area contributed by atoms with Gasteiger partial charge in [0.15, 0.2) is 0 Å². The van der Waals surface area contributed by atoms with Crippen molar-refractivity contribution >= 4 is 23.2 Å². The highest BCUT2D eigenvalue weighted by Gasteiger charge is 2.05. The van der Waals surface area contributed by atoms with Crippen molar-refractivity contribution in [2.24, 2.45) is 0 Å². The monoisotopic (exact) mass is 308 g/mol. The first-order valence-corrected chi connectivity index (χ1v) is 6.98. The number of hydrogen-bond donors (Lipinski definition) is 3. The molecule has 0 fully saturated rings. The Morgan fingerprint density at radius 3 is 2.17 bits per heavy atom. The van der Waals surface area contributed by atoms with Crippen LogP contribution >= 0.6 is 0 Å². The van der Waals surface area contributed by atoms with Crippen molar-refractivity contribution in [1.29, 1.82) is 5.26 Å². The van der Waals surface area contributed by atoms with Crippen LogP contribution in [-0.2, 0) is 4.79 Å². The van der Waals surface area contributed by atoms with Gasteiger partial charge >= 0.3 is 0 Å². The molecule has 0 saturated heterocycles. The minimum Gasteiger partial charge on any atom is -0.376 e. The van der Waals surface area contributed by atoms with E-state index in [-0.39, 0.29) is 18.4 Å². The smallest absolute Gasteiger partial charge is 0.251 e. The molecule has 0 saturated carbocycles. The highest BCUT2D eigenvalue weighted by molar-refractivity contribution is 5.96. The Hall–Kier alpha value is -3.33. The van der Waals surface area contributed by atoms with Crippen LogP contribution in [0, 0.1) is 11.3 Å². The summed E-state index contributed by atoms with van der Waals surface area (Å²) in [5.74, 6) is -0.382. The molecule has 3 N–H and O–H groups in total. The number of amides is 2. The molecule has 2 amide bonds. The molecule has 0 aliphatic rings. The summed E-state index contributed by atoms with van der Waals surface area (Å²) in [7, 11) is 1.56. The largest absolute Gasteiger partial charge is 0.376 e. The lowest BCUT2D eigenvalue weighted by Crippen LogP contribution is -2.22. The van der Waals surface area contributed by atoms with E-state index in [1.165, 1.54) is 0 Å². The molecule has 6 heteroatoms. The lowest BCUT2D eigenvalue weighted by molar-refractivity contribution is -0.114. The van der Waals surface area contributed by atoms with Crippen molar-refractivity contribution in [1.82, 2.24) is 5.32 Å². The summed E-state index contributed by atoms with van der Waals surface area (Å²) < 4.78 is 0. The Bertz CT molecular complexity index is 731. The molecule has 2 aromatic rings. The topological polar surface area (TPSA) is 94.0 Å². The van der Waals surface area contributed by atoms with Gasteiger partial charge in [-0.2, -0.15) is 5.26 Å². The van der Waals surface area contributed by atoms with E-state index in [9.17, 15) is 9.59 Å². The zero-order valence-corrected chi connectivity index (χ0v) is 12.6. The standard InChI is InChI=1S/C17H16N4O2/c1-19-17(23)13-4-8-15(9-5-13)21-16(22)11-20-14-6-2-12(10-18)3-7-14/h2-9,20H,11H2,1H3,(H,19,23)(H,21,22). The van der Waals surface area contributed by atoms with E-state index in [0.29, 0.717) is 16.8 Å². The van der Waals surface area contributed by atoms with E-state index >= 15 is 0 Å².